The second-order valence-corrected chi connectivity index (χ2v) is 6.97. The highest BCUT2D eigenvalue weighted by Crippen LogP contribution is 2.34. The fraction of sp³-hybridized carbons (Fsp3) is 0.381. The van der Waals surface area contributed by atoms with Gasteiger partial charge in [0.2, 0.25) is 6.79 Å². The summed E-state index contributed by atoms with van der Waals surface area (Å²) in [6, 6.07) is 7.76. The Morgan fingerprint density at radius 3 is 2.79 bits per heavy atom. The summed E-state index contributed by atoms with van der Waals surface area (Å²) in [7, 11) is 0. The molecule has 1 fully saturated rings. The molecule has 0 atom stereocenters. The van der Waals surface area contributed by atoms with Crippen LogP contribution in [0.2, 0.25) is 0 Å². The van der Waals surface area contributed by atoms with Crippen LogP contribution in [0.3, 0.4) is 0 Å². The van der Waals surface area contributed by atoms with Gasteiger partial charge in [-0.15, -0.1) is 0 Å². The highest BCUT2D eigenvalue weighted by atomic mass is 16.7. The van der Waals surface area contributed by atoms with Crippen molar-refractivity contribution in [3.63, 3.8) is 0 Å². The number of hydrogen-bond acceptors (Lipinski definition) is 6. The molecule has 7 heteroatoms. The summed E-state index contributed by atoms with van der Waals surface area (Å²) in [6.45, 7) is 6.74. The highest BCUT2D eigenvalue weighted by Gasteiger charge is 2.22. The van der Waals surface area contributed by atoms with Gasteiger partial charge >= 0.3 is 0 Å². The maximum atomic E-state index is 6.20. The molecular formula is C21H22N2O5. The third kappa shape index (κ3) is 2.96. The maximum Gasteiger partial charge on any atom is 0.231 e. The zero-order valence-corrected chi connectivity index (χ0v) is 15.9. The van der Waals surface area contributed by atoms with E-state index in [0.717, 1.165) is 45.1 Å². The van der Waals surface area contributed by atoms with Gasteiger partial charge in [0, 0.05) is 18.0 Å². The van der Waals surface area contributed by atoms with Crippen molar-refractivity contribution in [2.24, 2.45) is 0 Å². The monoisotopic (exact) mass is 382 g/mol. The predicted octanol–water partition coefficient (Wildman–Crippen LogP) is 3.33. The van der Waals surface area contributed by atoms with Crippen molar-refractivity contribution >= 4 is 11.0 Å². The van der Waals surface area contributed by atoms with E-state index >= 15 is 0 Å². The number of aromatic nitrogens is 2. The summed E-state index contributed by atoms with van der Waals surface area (Å²) >= 11 is 0. The van der Waals surface area contributed by atoms with Gasteiger partial charge in [-0.1, -0.05) is 6.07 Å². The summed E-state index contributed by atoms with van der Waals surface area (Å²) in [5.74, 6) is 2.31. The second-order valence-electron chi connectivity index (χ2n) is 6.97. The molecule has 0 N–H and O–H groups in total. The van der Waals surface area contributed by atoms with Crippen LogP contribution in [0.4, 0.5) is 0 Å². The van der Waals surface area contributed by atoms with Gasteiger partial charge in [-0.25, -0.2) is 0 Å². The number of ether oxygens (including phenoxy) is 5. The van der Waals surface area contributed by atoms with E-state index < -0.39 is 0 Å². The number of rotatable bonds is 5. The predicted molar refractivity (Wildman–Crippen MR) is 102 cm³/mol. The van der Waals surface area contributed by atoms with E-state index in [2.05, 4.69) is 23.4 Å². The van der Waals surface area contributed by atoms with E-state index in [4.69, 9.17) is 23.7 Å². The molecule has 2 aliphatic rings. The quantitative estimate of drug-likeness (QED) is 0.674. The summed E-state index contributed by atoms with van der Waals surface area (Å²) in [6.07, 6.45) is 1.55. The molecule has 0 unspecified atom stereocenters. The molecule has 0 bridgehead atoms. The lowest BCUT2D eigenvalue weighted by Gasteiger charge is -2.15. The largest absolute Gasteiger partial charge is 0.487 e. The van der Waals surface area contributed by atoms with Crippen LogP contribution in [-0.2, 0) is 22.6 Å². The maximum absolute atomic E-state index is 6.20. The SMILES string of the molecule is Cc1c(C)n(CC2OCCO2)c2c(OCc3ccc4c(c3)OCO4)ccnc12. The molecule has 28 heavy (non-hydrogen) atoms. The van der Waals surface area contributed by atoms with Crippen molar-refractivity contribution in [3.05, 3.63) is 47.3 Å². The van der Waals surface area contributed by atoms with E-state index in [1.807, 2.05) is 24.3 Å². The van der Waals surface area contributed by atoms with Crippen LogP contribution in [0, 0.1) is 13.8 Å². The fourth-order valence-corrected chi connectivity index (χ4v) is 3.71. The van der Waals surface area contributed by atoms with Crippen molar-refractivity contribution in [1.82, 2.24) is 9.55 Å². The molecule has 2 aliphatic heterocycles. The van der Waals surface area contributed by atoms with E-state index in [1.165, 1.54) is 0 Å². The molecule has 0 radical (unpaired) electrons. The van der Waals surface area contributed by atoms with Gasteiger partial charge in [0.1, 0.15) is 17.9 Å². The zero-order chi connectivity index (χ0) is 19.1. The van der Waals surface area contributed by atoms with Crippen LogP contribution in [0.25, 0.3) is 11.0 Å². The minimum Gasteiger partial charge on any atom is -0.487 e. The van der Waals surface area contributed by atoms with Gasteiger partial charge < -0.3 is 28.3 Å². The Morgan fingerprint density at radius 2 is 1.93 bits per heavy atom. The third-order valence-electron chi connectivity index (χ3n) is 5.31. The number of fused-ring (bicyclic) bond motifs is 2. The smallest absolute Gasteiger partial charge is 0.231 e. The van der Waals surface area contributed by atoms with Gasteiger partial charge in [-0.3, -0.25) is 4.98 Å². The topological polar surface area (TPSA) is 64.0 Å². The van der Waals surface area contributed by atoms with Crippen LogP contribution >= 0.6 is 0 Å². The number of aryl methyl sites for hydroxylation is 1. The molecular weight excluding hydrogens is 360 g/mol. The van der Waals surface area contributed by atoms with E-state index in [9.17, 15) is 0 Å². The normalized spacial score (nSPS) is 16.2. The summed E-state index contributed by atoms with van der Waals surface area (Å²) in [4.78, 5) is 4.58. The molecule has 0 spiro atoms. The molecule has 0 amide bonds. The van der Waals surface area contributed by atoms with Crippen molar-refractivity contribution in [1.29, 1.82) is 0 Å². The zero-order valence-electron chi connectivity index (χ0n) is 15.9. The van der Waals surface area contributed by atoms with Gasteiger partial charge in [0.15, 0.2) is 17.8 Å². The summed E-state index contributed by atoms with van der Waals surface area (Å²) in [5.41, 5.74) is 5.21. The molecule has 0 aliphatic carbocycles. The third-order valence-corrected chi connectivity index (χ3v) is 5.31. The standard InChI is InChI=1S/C21H22N2O5/c1-13-14(2)23(10-19-24-7-8-25-19)21-17(5-6-22-20(13)21)26-11-15-3-4-16-18(9-15)28-12-27-16/h3-6,9,19H,7-8,10-12H2,1-2H3. The molecule has 3 aromatic rings. The Balaban J connectivity index is 1.46. The lowest BCUT2D eigenvalue weighted by molar-refractivity contribution is -0.0520. The Bertz CT molecular complexity index is 1020. The molecule has 5 rings (SSSR count). The van der Waals surface area contributed by atoms with Gasteiger partial charge in [-0.05, 0) is 37.1 Å². The van der Waals surface area contributed by atoms with Crippen LogP contribution in [-0.4, -0.2) is 35.8 Å². The molecule has 0 saturated carbocycles. The van der Waals surface area contributed by atoms with Crippen molar-refractivity contribution in [2.45, 2.75) is 33.3 Å². The number of benzene rings is 1. The van der Waals surface area contributed by atoms with Gasteiger partial charge in [0.25, 0.3) is 0 Å². The molecule has 2 aromatic heterocycles. The Hall–Kier alpha value is -2.77. The first kappa shape index (κ1) is 17.3. The van der Waals surface area contributed by atoms with Crippen molar-refractivity contribution in [3.8, 4) is 17.2 Å². The first-order valence-corrected chi connectivity index (χ1v) is 9.39. The molecule has 7 nitrogen and oxygen atoms in total. The lowest BCUT2D eigenvalue weighted by Crippen LogP contribution is -2.18. The summed E-state index contributed by atoms with van der Waals surface area (Å²) in [5, 5.41) is 0. The van der Waals surface area contributed by atoms with E-state index in [0.29, 0.717) is 26.4 Å². The Morgan fingerprint density at radius 1 is 1.11 bits per heavy atom. The minimum absolute atomic E-state index is 0.240. The molecule has 146 valence electrons. The minimum atomic E-state index is -0.240. The number of pyridine rings is 1. The molecule has 1 aromatic carbocycles. The Labute approximate surface area is 162 Å². The number of nitrogens with zero attached hydrogens (tertiary/aromatic N) is 2. The van der Waals surface area contributed by atoms with Gasteiger partial charge in [0.05, 0.1) is 25.3 Å². The van der Waals surface area contributed by atoms with E-state index in [1.54, 1.807) is 6.20 Å². The molecule has 4 heterocycles. The fourth-order valence-electron chi connectivity index (χ4n) is 3.71. The van der Waals surface area contributed by atoms with Crippen molar-refractivity contribution in [2.75, 3.05) is 20.0 Å². The lowest BCUT2D eigenvalue weighted by atomic mass is 10.2. The highest BCUT2D eigenvalue weighted by molar-refractivity contribution is 5.86. The second kappa shape index (κ2) is 7.00. The Kier molecular flexibility index (Phi) is 4.33. The van der Waals surface area contributed by atoms with Crippen LogP contribution in [0.5, 0.6) is 17.2 Å². The van der Waals surface area contributed by atoms with Gasteiger partial charge in [-0.2, -0.15) is 0 Å². The summed E-state index contributed by atoms with van der Waals surface area (Å²) < 4.78 is 30.5. The van der Waals surface area contributed by atoms with E-state index in [-0.39, 0.29) is 13.1 Å². The molecule has 1 saturated heterocycles. The van der Waals surface area contributed by atoms with Crippen LogP contribution in [0.15, 0.2) is 30.5 Å². The average Bonchev–Trinajstić information content (AvgIpc) is 3.44. The van der Waals surface area contributed by atoms with Crippen molar-refractivity contribution < 1.29 is 23.7 Å². The van der Waals surface area contributed by atoms with Crippen LogP contribution < -0.4 is 14.2 Å². The average molecular weight is 382 g/mol. The first-order chi connectivity index (χ1) is 13.7. The first-order valence-electron chi connectivity index (χ1n) is 9.39. The van der Waals surface area contributed by atoms with Crippen LogP contribution in [0.1, 0.15) is 16.8 Å². The number of hydrogen-bond donors (Lipinski definition) is 0.